The van der Waals surface area contributed by atoms with Gasteiger partial charge in [-0.25, -0.2) is 0 Å². The van der Waals surface area contributed by atoms with E-state index in [0.717, 1.165) is 44.6 Å². The Bertz CT molecular complexity index is 505. The minimum absolute atomic E-state index is 0.0849. The van der Waals surface area contributed by atoms with Crippen molar-refractivity contribution in [3.63, 3.8) is 0 Å². The third-order valence-corrected chi connectivity index (χ3v) is 6.60. The fourth-order valence-corrected chi connectivity index (χ4v) is 4.89. The molecule has 2 aliphatic rings. The lowest BCUT2D eigenvalue weighted by Crippen LogP contribution is -2.34. The van der Waals surface area contributed by atoms with Crippen molar-refractivity contribution in [2.75, 3.05) is 6.54 Å². The Kier molecular flexibility index (Phi) is 10.9. The summed E-state index contributed by atoms with van der Waals surface area (Å²) in [7, 11) is -0.920. The number of Topliss-reactive ketones (excluding diaryl/α,β-unsaturated/α-hetero) is 2. The molecule has 2 N–H and O–H groups in total. The molecule has 1 aliphatic carbocycles. The molecule has 2 fully saturated rings. The van der Waals surface area contributed by atoms with Crippen molar-refractivity contribution in [1.82, 2.24) is 5.32 Å². The van der Waals surface area contributed by atoms with Crippen LogP contribution in [0.4, 0.5) is 0 Å². The fourth-order valence-electron chi connectivity index (χ4n) is 4.89. The second-order valence-corrected chi connectivity index (χ2v) is 9.90. The maximum absolute atomic E-state index is 12.6. The molecule has 0 aromatic rings. The quantitative estimate of drug-likeness (QED) is 0.394. The van der Waals surface area contributed by atoms with Gasteiger partial charge in [-0.15, -0.1) is 0 Å². The van der Waals surface area contributed by atoms with Gasteiger partial charge in [-0.2, -0.15) is 0 Å². The summed E-state index contributed by atoms with van der Waals surface area (Å²) in [5, 5.41) is 14.1. The van der Waals surface area contributed by atoms with Crippen molar-refractivity contribution in [3.05, 3.63) is 0 Å². The summed E-state index contributed by atoms with van der Waals surface area (Å²) in [6.07, 6.45) is 10.8. The first-order valence-corrected chi connectivity index (χ1v) is 11.9. The largest absolute Gasteiger partial charge is 0.458 e. The SMILES string of the molecule is CC(=O)C[C@H]1CCC[C@H](CC(=O)CC2CCC(NCCCC(C)C)CC2)B(O)O1. The molecule has 0 radical (unpaired) electrons. The van der Waals surface area contributed by atoms with Crippen LogP contribution in [0, 0.1) is 11.8 Å². The lowest BCUT2D eigenvalue weighted by atomic mass is 9.67. The Balaban J connectivity index is 1.65. The summed E-state index contributed by atoms with van der Waals surface area (Å²) in [5.41, 5.74) is 0. The number of nitrogens with one attached hydrogen (secondary N) is 1. The van der Waals surface area contributed by atoms with E-state index in [4.69, 9.17) is 4.65 Å². The third kappa shape index (κ3) is 9.76. The van der Waals surface area contributed by atoms with Gasteiger partial charge in [0.05, 0.1) is 0 Å². The number of ketones is 2. The topological polar surface area (TPSA) is 75.6 Å². The first-order chi connectivity index (χ1) is 13.8. The molecule has 0 bridgehead atoms. The van der Waals surface area contributed by atoms with Crippen LogP contribution in [-0.2, 0) is 14.2 Å². The lowest BCUT2D eigenvalue weighted by Gasteiger charge is -2.29. The van der Waals surface area contributed by atoms with E-state index in [1.807, 2.05) is 0 Å². The van der Waals surface area contributed by atoms with Crippen LogP contribution >= 0.6 is 0 Å². The Morgan fingerprint density at radius 2 is 1.79 bits per heavy atom. The number of rotatable bonds is 11. The summed E-state index contributed by atoms with van der Waals surface area (Å²) >= 11 is 0. The Hall–Kier alpha value is -0.715. The van der Waals surface area contributed by atoms with Gasteiger partial charge in [-0.05, 0) is 70.3 Å². The molecule has 0 aromatic heterocycles. The maximum Gasteiger partial charge on any atom is 0.458 e. The Morgan fingerprint density at radius 3 is 2.45 bits per heavy atom. The van der Waals surface area contributed by atoms with E-state index in [-0.39, 0.29) is 23.5 Å². The van der Waals surface area contributed by atoms with E-state index in [9.17, 15) is 14.6 Å². The van der Waals surface area contributed by atoms with Crippen molar-refractivity contribution in [3.8, 4) is 0 Å². The molecule has 166 valence electrons. The summed E-state index contributed by atoms with van der Waals surface area (Å²) < 4.78 is 5.68. The van der Waals surface area contributed by atoms with Crippen LogP contribution in [0.25, 0.3) is 0 Å². The van der Waals surface area contributed by atoms with Gasteiger partial charge in [-0.3, -0.25) is 9.59 Å². The van der Waals surface area contributed by atoms with E-state index >= 15 is 0 Å². The molecule has 1 saturated heterocycles. The molecule has 2 rings (SSSR count). The fraction of sp³-hybridized carbons (Fsp3) is 0.913. The minimum Gasteiger partial charge on any atom is -0.427 e. The molecule has 1 saturated carbocycles. The number of hydrogen-bond donors (Lipinski definition) is 2. The first kappa shape index (κ1) is 24.6. The van der Waals surface area contributed by atoms with E-state index < -0.39 is 7.12 Å². The van der Waals surface area contributed by atoms with Crippen LogP contribution in [0.15, 0.2) is 0 Å². The smallest absolute Gasteiger partial charge is 0.427 e. The molecule has 29 heavy (non-hydrogen) atoms. The highest BCUT2D eigenvalue weighted by atomic mass is 16.5. The van der Waals surface area contributed by atoms with Gasteiger partial charge in [0.25, 0.3) is 0 Å². The van der Waals surface area contributed by atoms with Gasteiger partial charge in [0.2, 0.25) is 0 Å². The van der Waals surface area contributed by atoms with Crippen molar-refractivity contribution in [2.45, 2.75) is 116 Å². The Morgan fingerprint density at radius 1 is 1.07 bits per heavy atom. The summed E-state index contributed by atoms with van der Waals surface area (Å²) in [5.74, 6) is 1.48. The maximum atomic E-state index is 12.6. The van der Waals surface area contributed by atoms with Crippen LogP contribution in [0.1, 0.15) is 97.8 Å². The standard InChI is InChI=1S/C23H42BNO4/c1-17(2)6-5-13-25-21-11-9-19(10-12-21)15-22(27)16-20-7-4-8-23(14-18(3)26)29-24(20)28/h17,19-21,23,25,28H,4-16H2,1-3H3/t19?,20-,21?,23-/m1/s1. The van der Waals surface area contributed by atoms with Crippen molar-refractivity contribution in [2.24, 2.45) is 11.8 Å². The normalized spacial score (nSPS) is 28.4. The monoisotopic (exact) mass is 407 g/mol. The molecule has 0 aromatic carbocycles. The molecule has 1 aliphatic heterocycles. The van der Waals surface area contributed by atoms with E-state index in [1.54, 1.807) is 6.92 Å². The summed E-state index contributed by atoms with van der Waals surface area (Å²) in [6.45, 7) is 7.20. The van der Waals surface area contributed by atoms with Crippen LogP contribution < -0.4 is 5.32 Å². The van der Waals surface area contributed by atoms with Crippen LogP contribution in [0.2, 0.25) is 5.82 Å². The van der Waals surface area contributed by atoms with Crippen molar-refractivity contribution < 1.29 is 19.3 Å². The van der Waals surface area contributed by atoms with Crippen molar-refractivity contribution >= 4 is 18.7 Å². The zero-order valence-corrected chi connectivity index (χ0v) is 18.8. The van der Waals surface area contributed by atoms with Gasteiger partial charge in [-0.1, -0.05) is 26.7 Å². The predicted molar refractivity (Wildman–Crippen MR) is 118 cm³/mol. The number of carbonyl (C=O) groups excluding carboxylic acids is 2. The molecule has 0 amide bonds. The molecular weight excluding hydrogens is 365 g/mol. The predicted octanol–water partition coefficient (Wildman–Crippen LogP) is 4.32. The molecule has 5 nitrogen and oxygen atoms in total. The second-order valence-electron chi connectivity index (χ2n) is 9.90. The molecule has 1 heterocycles. The summed E-state index contributed by atoms with van der Waals surface area (Å²) in [6, 6.07) is 0.615. The third-order valence-electron chi connectivity index (χ3n) is 6.60. The Labute approximate surface area is 177 Å². The van der Waals surface area contributed by atoms with E-state index in [2.05, 4.69) is 19.2 Å². The van der Waals surface area contributed by atoms with E-state index in [0.29, 0.717) is 31.2 Å². The summed E-state index contributed by atoms with van der Waals surface area (Å²) in [4.78, 5) is 23.9. The lowest BCUT2D eigenvalue weighted by molar-refractivity contribution is -0.121. The second kappa shape index (κ2) is 12.9. The molecule has 0 unspecified atom stereocenters. The molecular formula is C23H42BNO4. The van der Waals surface area contributed by atoms with Crippen LogP contribution in [0.3, 0.4) is 0 Å². The van der Waals surface area contributed by atoms with Gasteiger partial charge < -0.3 is 15.0 Å². The highest BCUT2D eigenvalue weighted by Crippen LogP contribution is 2.32. The van der Waals surface area contributed by atoms with E-state index in [1.165, 1.54) is 25.7 Å². The molecule has 2 atom stereocenters. The van der Waals surface area contributed by atoms with Gasteiger partial charge in [0.15, 0.2) is 0 Å². The first-order valence-electron chi connectivity index (χ1n) is 11.9. The van der Waals surface area contributed by atoms with Crippen LogP contribution in [0.5, 0.6) is 0 Å². The highest BCUT2D eigenvalue weighted by Gasteiger charge is 2.34. The molecule has 6 heteroatoms. The zero-order valence-electron chi connectivity index (χ0n) is 18.8. The average molecular weight is 407 g/mol. The van der Waals surface area contributed by atoms with Gasteiger partial charge in [0, 0.05) is 37.2 Å². The zero-order chi connectivity index (χ0) is 21.2. The van der Waals surface area contributed by atoms with Gasteiger partial charge >= 0.3 is 7.12 Å². The number of hydrogen-bond acceptors (Lipinski definition) is 5. The molecule has 0 spiro atoms. The van der Waals surface area contributed by atoms with Gasteiger partial charge in [0.1, 0.15) is 11.6 Å². The highest BCUT2D eigenvalue weighted by molar-refractivity contribution is 6.45. The van der Waals surface area contributed by atoms with Crippen molar-refractivity contribution in [1.29, 1.82) is 0 Å². The number of carbonyl (C=O) groups is 2. The minimum atomic E-state index is -0.920. The van der Waals surface area contributed by atoms with Crippen LogP contribution in [-0.4, -0.2) is 42.4 Å². The average Bonchev–Trinajstić information content (AvgIpc) is 2.80.